The van der Waals surface area contributed by atoms with Gasteiger partial charge in [-0.25, -0.2) is 0 Å². The Bertz CT molecular complexity index is 101. The summed E-state index contributed by atoms with van der Waals surface area (Å²) in [6.07, 6.45) is 1.03. The lowest BCUT2D eigenvalue weighted by molar-refractivity contribution is -0.137. The van der Waals surface area contributed by atoms with Crippen LogP contribution in [-0.2, 0) is 4.79 Å². The third kappa shape index (κ3) is 34.4. The largest absolute Gasteiger partial charge is 0.481 e. The van der Waals surface area contributed by atoms with Gasteiger partial charge in [-0.05, 0) is 11.8 Å². The van der Waals surface area contributed by atoms with Crippen molar-refractivity contribution in [2.24, 2.45) is 5.41 Å². The van der Waals surface area contributed by atoms with E-state index >= 15 is 0 Å². The predicted molar refractivity (Wildman–Crippen MR) is 59.0 cm³/mol. The third-order valence-electron chi connectivity index (χ3n) is 1.09. The first-order valence-electron chi connectivity index (χ1n) is 5.13. The van der Waals surface area contributed by atoms with Gasteiger partial charge in [0.15, 0.2) is 0 Å². The molecule has 0 spiro atoms. The monoisotopic (exact) mass is 190 g/mol. The molecular formula is C11H26O2. The third-order valence-corrected chi connectivity index (χ3v) is 1.09. The topological polar surface area (TPSA) is 37.3 Å². The molecule has 0 fully saturated rings. The first-order chi connectivity index (χ1) is 5.92. The summed E-state index contributed by atoms with van der Waals surface area (Å²) in [7, 11) is 0. The van der Waals surface area contributed by atoms with E-state index in [-0.39, 0.29) is 11.8 Å². The molecule has 1 N–H and O–H groups in total. The molecule has 0 saturated heterocycles. The molecule has 0 aliphatic heterocycles. The van der Waals surface area contributed by atoms with E-state index in [0.717, 1.165) is 6.42 Å². The van der Waals surface area contributed by atoms with Crippen molar-refractivity contribution >= 4 is 5.97 Å². The zero-order chi connectivity index (χ0) is 11.5. The summed E-state index contributed by atoms with van der Waals surface area (Å²) in [6, 6.07) is 0. The Morgan fingerprint density at radius 1 is 1.08 bits per heavy atom. The molecule has 0 aliphatic rings. The number of carbonyl (C=O) groups is 1. The Morgan fingerprint density at radius 2 is 1.38 bits per heavy atom. The molecule has 13 heavy (non-hydrogen) atoms. The molecule has 82 valence electrons. The van der Waals surface area contributed by atoms with Crippen molar-refractivity contribution in [3.05, 3.63) is 0 Å². The van der Waals surface area contributed by atoms with Crippen molar-refractivity contribution in [3.63, 3.8) is 0 Å². The van der Waals surface area contributed by atoms with E-state index in [0.29, 0.717) is 0 Å². The van der Waals surface area contributed by atoms with Gasteiger partial charge in [-0.1, -0.05) is 48.5 Å². The zero-order valence-electron chi connectivity index (χ0n) is 10.3. The van der Waals surface area contributed by atoms with Crippen LogP contribution in [0.1, 0.15) is 61.3 Å². The van der Waals surface area contributed by atoms with Gasteiger partial charge in [0.25, 0.3) is 0 Å². The first-order valence-corrected chi connectivity index (χ1v) is 5.13. The lowest BCUT2D eigenvalue weighted by Gasteiger charge is -2.15. The second-order valence-corrected chi connectivity index (χ2v) is 3.45. The molecule has 0 aromatic heterocycles. The van der Waals surface area contributed by atoms with Gasteiger partial charge in [-0.2, -0.15) is 0 Å². The normalized spacial score (nSPS) is 8.85. The van der Waals surface area contributed by atoms with Crippen LogP contribution in [0.2, 0.25) is 0 Å². The van der Waals surface area contributed by atoms with Crippen molar-refractivity contribution in [1.29, 1.82) is 0 Å². The maximum absolute atomic E-state index is 10.0. The van der Waals surface area contributed by atoms with Crippen LogP contribution < -0.4 is 0 Å². The molecule has 0 aliphatic carbocycles. The van der Waals surface area contributed by atoms with Gasteiger partial charge >= 0.3 is 5.97 Å². The molecular weight excluding hydrogens is 164 g/mol. The highest BCUT2D eigenvalue weighted by atomic mass is 16.4. The summed E-state index contributed by atoms with van der Waals surface area (Å²) in [5.74, 6) is -0.704. The first kappa shape index (κ1) is 18.3. The molecule has 2 nitrogen and oxygen atoms in total. The van der Waals surface area contributed by atoms with Gasteiger partial charge in [0.05, 0.1) is 0 Å². The van der Waals surface area contributed by atoms with E-state index in [1.807, 2.05) is 48.5 Å². The second kappa shape index (κ2) is 11.5. The summed E-state index contributed by atoms with van der Waals surface area (Å²) in [6.45, 7) is 14.1. The Morgan fingerprint density at radius 3 is 1.46 bits per heavy atom. The summed E-state index contributed by atoms with van der Waals surface area (Å²) < 4.78 is 0. The number of carboxylic acid groups (broad SMARTS) is 1. The molecule has 0 amide bonds. The Kier molecular flexibility index (Phi) is 16.1. The highest BCUT2D eigenvalue weighted by Crippen LogP contribution is 2.19. The van der Waals surface area contributed by atoms with E-state index < -0.39 is 5.97 Å². The second-order valence-electron chi connectivity index (χ2n) is 3.45. The summed E-state index contributed by atoms with van der Waals surface area (Å²) in [5, 5.41) is 8.28. The van der Waals surface area contributed by atoms with Crippen molar-refractivity contribution in [1.82, 2.24) is 0 Å². The quantitative estimate of drug-likeness (QED) is 0.716. The molecule has 0 heterocycles. The smallest absolute Gasteiger partial charge is 0.303 e. The van der Waals surface area contributed by atoms with Crippen LogP contribution in [0.4, 0.5) is 0 Å². The van der Waals surface area contributed by atoms with Crippen molar-refractivity contribution in [2.75, 3.05) is 0 Å². The van der Waals surface area contributed by atoms with E-state index in [1.54, 1.807) is 0 Å². The molecule has 0 radical (unpaired) electrons. The highest BCUT2D eigenvalue weighted by molar-refractivity contribution is 5.66. The standard InChI is InChI=1S/C7H14O2.2C2H6/c1-7(2,3)5-4-6(8)9;2*1-2/h4-5H2,1-3H3,(H,8,9);2*1-2H3. The molecule has 0 saturated carbocycles. The van der Waals surface area contributed by atoms with Crippen LogP contribution in [-0.4, -0.2) is 11.1 Å². The maximum Gasteiger partial charge on any atom is 0.303 e. The van der Waals surface area contributed by atoms with Gasteiger partial charge in [0.1, 0.15) is 0 Å². The van der Waals surface area contributed by atoms with E-state index in [4.69, 9.17) is 5.11 Å². The van der Waals surface area contributed by atoms with Crippen molar-refractivity contribution < 1.29 is 9.90 Å². The fourth-order valence-corrected chi connectivity index (χ4v) is 0.482. The predicted octanol–water partition coefficient (Wildman–Crippen LogP) is 3.95. The molecule has 0 unspecified atom stereocenters. The maximum atomic E-state index is 10.0. The van der Waals surface area contributed by atoms with Crippen LogP contribution in [0, 0.1) is 5.41 Å². The minimum atomic E-state index is -0.704. The average Bonchev–Trinajstić information content (AvgIpc) is 2.07. The fourth-order valence-electron chi connectivity index (χ4n) is 0.482. The number of hydrogen-bond donors (Lipinski definition) is 1. The van der Waals surface area contributed by atoms with Gasteiger partial charge in [-0.15, -0.1) is 0 Å². The number of rotatable bonds is 2. The number of hydrogen-bond acceptors (Lipinski definition) is 1. The van der Waals surface area contributed by atoms with Crippen LogP contribution in [0.5, 0.6) is 0 Å². The Hall–Kier alpha value is -0.530. The molecule has 0 aromatic carbocycles. The lowest BCUT2D eigenvalue weighted by atomic mass is 9.91. The highest BCUT2D eigenvalue weighted by Gasteiger charge is 2.11. The van der Waals surface area contributed by atoms with Crippen LogP contribution in [0.15, 0.2) is 0 Å². The van der Waals surface area contributed by atoms with Crippen molar-refractivity contribution in [3.8, 4) is 0 Å². The number of carboxylic acids is 1. The Balaban J connectivity index is -0.000000218. The molecule has 0 aromatic rings. The summed E-state index contributed by atoms with van der Waals surface area (Å²) >= 11 is 0. The van der Waals surface area contributed by atoms with Crippen LogP contribution in [0.3, 0.4) is 0 Å². The SMILES string of the molecule is CC.CC.CC(C)(C)CCC(=O)O. The van der Waals surface area contributed by atoms with E-state index in [9.17, 15) is 4.79 Å². The number of aliphatic carboxylic acids is 1. The minimum absolute atomic E-state index is 0.151. The average molecular weight is 190 g/mol. The molecule has 0 bridgehead atoms. The summed E-state index contributed by atoms with van der Waals surface area (Å²) in [4.78, 5) is 10.0. The van der Waals surface area contributed by atoms with Gasteiger partial charge in [0, 0.05) is 6.42 Å². The lowest BCUT2D eigenvalue weighted by Crippen LogP contribution is -2.07. The fraction of sp³-hybridized carbons (Fsp3) is 0.909. The zero-order valence-corrected chi connectivity index (χ0v) is 10.3. The van der Waals surface area contributed by atoms with E-state index in [1.165, 1.54) is 0 Å². The minimum Gasteiger partial charge on any atom is -0.481 e. The van der Waals surface area contributed by atoms with Crippen LogP contribution >= 0.6 is 0 Å². The van der Waals surface area contributed by atoms with Gasteiger partial charge < -0.3 is 5.11 Å². The molecule has 2 heteroatoms. The van der Waals surface area contributed by atoms with Gasteiger partial charge in [-0.3, -0.25) is 4.79 Å². The Labute approximate surface area is 83.4 Å². The summed E-state index contributed by atoms with van der Waals surface area (Å²) in [5.41, 5.74) is 0.151. The molecule has 0 atom stereocenters. The van der Waals surface area contributed by atoms with Crippen LogP contribution in [0.25, 0.3) is 0 Å². The van der Waals surface area contributed by atoms with Crippen molar-refractivity contribution in [2.45, 2.75) is 61.3 Å². The van der Waals surface area contributed by atoms with E-state index in [2.05, 4.69) is 0 Å². The molecule has 0 rings (SSSR count). The van der Waals surface area contributed by atoms with Gasteiger partial charge in [0.2, 0.25) is 0 Å².